The number of carbonyl (C=O) groups excluding carboxylic acids is 1. The van der Waals surface area contributed by atoms with Crippen LogP contribution < -0.4 is 5.32 Å². The smallest absolute Gasteiger partial charge is 0.407 e. The number of ether oxygens (including phenoxy) is 1. The molecule has 5 nitrogen and oxygen atoms in total. The lowest BCUT2D eigenvalue weighted by Gasteiger charge is -2.23. The van der Waals surface area contributed by atoms with Crippen LogP contribution in [-0.4, -0.2) is 28.8 Å². The average molecular weight is 369 g/mol. The second-order valence-corrected chi connectivity index (χ2v) is 6.19. The number of nitrogens with one attached hydrogen (secondary N) is 1. The topological polar surface area (TPSA) is 75.6 Å². The van der Waals surface area contributed by atoms with Crippen LogP contribution in [0.25, 0.3) is 0 Å². The van der Waals surface area contributed by atoms with Gasteiger partial charge in [0.15, 0.2) is 23.3 Å². The van der Waals surface area contributed by atoms with Gasteiger partial charge in [0.25, 0.3) is 0 Å². The van der Waals surface area contributed by atoms with Crippen molar-refractivity contribution in [3.8, 4) is 0 Å². The van der Waals surface area contributed by atoms with Gasteiger partial charge < -0.3 is 15.2 Å². The summed E-state index contributed by atoms with van der Waals surface area (Å²) in [5.41, 5.74) is -2.17. The van der Waals surface area contributed by atoms with Crippen LogP contribution in [0.2, 0.25) is 0 Å². The van der Waals surface area contributed by atoms with Gasteiger partial charge in [0.05, 0.1) is 6.42 Å². The number of hydrogen-bond acceptors (Lipinski definition) is 3. The molecule has 2 N–H and O–H groups in total. The van der Waals surface area contributed by atoms with Crippen molar-refractivity contribution in [2.24, 2.45) is 0 Å². The minimum atomic E-state index is -2.33. The van der Waals surface area contributed by atoms with Crippen LogP contribution in [0.1, 0.15) is 32.8 Å². The molecule has 25 heavy (non-hydrogen) atoms. The molecule has 1 aromatic carbocycles. The number of carboxylic acid groups (broad SMARTS) is 1. The van der Waals surface area contributed by atoms with E-state index in [0.717, 1.165) is 0 Å². The van der Waals surface area contributed by atoms with Crippen molar-refractivity contribution < 1.29 is 41.4 Å². The fourth-order valence-electron chi connectivity index (χ4n) is 1.94. The number of alkyl carbamates (subject to hydrolysis) is 1. The molecular weight excluding hydrogens is 353 g/mol. The Morgan fingerprint density at radius 2 is 1.44 bits per heavy atom. The molecule has 10 heteroatoms. The fourth-order valence-corrected chi connectivity index (χ4v) is 1.94. The molecule has 1 atom stereocenters. The van der Waals surface area contributed by atoms with Crippen LogP contribution in [0.3, 0.4) is 0 Å². The Hall–Kier alpha value is -2.39. The summed E-state index contributed by atoms with van der Waals surface area (Å²) in [7, 11) is 0. The maximum Gasteiger partial charge on any atom is 0.407 e. The Balaban J connectivity index is 3.12. The minimum absolute atomic E-state index is 0.821. The summed E-state index contributed by atoms with van der Waals surface area (Å²) >= 11 is 0. The fraction of sp³-hybridized carbons (Fsp3) is 0.467. The first-order chi connectivity index (χ1) is 11.3. The summed E-state index contributed by atoms with van der Waals surface area (Å²) in [5.74, 6) is -12.3. The second kappa shape index (κ2) is 7.66. The predicted octanol–water partition coefficient (Wildman–Crippen LogP) is 3.29. The maximum absolute atomic E-state index is 13.7. The first-order valence-corrected chi connectivity index (χ1v) is 7.05. The first-order valence-electron chi connectivity index (χ1n) is 7.05. The Labute approximate surface area is 139 Å². The average Bonchev–Trinajstić information content (AvgIpc) is 2.44. The molecular formula is C15H16F5NO4. The molecule has 1 aromatic rings. The molecule has 0 aliphatic rings. The number of carboxylic acids is 1. The van der Waals surface area contributed by atoms with Gasteiger partial charge in [0, 0.05) is 11.6 Å². The quantitative estimate of drug-likeness (QED) is 0.474. The van der Waals surface area contributed by atoms with E-state index in [1.807, 2.05) is 5.32 Å². The number of halogens is 5. The van der Waals surface area contributed by atoms with E-state index >= 15 is 0 Å². The van der Waals surface area contributed by atoms with E-state index in [-0.39, 0.29) is 0 Å². The van der Waals surface area contributed by atoms with Crippen molar-refractivity contribution in [1.29, 1.82) is 0 Å². The van der Waals surface area contributed by atoms with Gasteiger partial charge in [0.2, 0.25) is 5.82 Å². The van der Waals surface area contributed by atoms with Crippen molar-refractivity contribution in [2.45, 2.75) is 45.3 Å². The van der Waals surface area contributed by atoms with Gasteiger partial charge in [-0.25, -0.2) is 26.7 Å². The molecule has 0 aliphatic carbocycles. The van der Waals surface area contributed by atoms with Gasteiger partial charge in [-0.15, -0.1) is 0 Å². The van der Waals surface area contributed by atoms with Crippen molar-refractivity contribution in [1.82, 2.24) is 5.32 Å². The Morgan fingerprint density at radius 3 is 1.84 bits per heavy atom. The summed E-state index contributed by atoms with van der Waals surface area (Å²) in [6.07, 6.45) is -2.85. The maximum atomic E-state index is 13.7. The molecule has 0 heterocycles. The Bertz CT molecular complexity index is 658. The van der Waals surface area contributed by atoms with E-state index in [1.165, 1.54) is 20.8 Å². The first kappa shape index (κ1) is 20.7. The van der Waals surface area contributed by atoms with Crippen molar-refractivity contribution >= 4 is 12.1 Å². The summed E-state index contributed by atoms with van der Waals surface area (Å²) in [4.78, 5) is 22.5. The lowest BCUT2D eigenvalue weighted by atomic mass is 10.0. The zero-order valence-electron chi connectivity index (χ0n) is 13.6. The highest BCUT2D eigenvalue weighted by Gasteiger charge is 2.29. The SMILES string of the molecule is CC(C)(C)OC(=O)NC(CC(=O)O)Cc1c(F)c(F)c(F)c(F)c1F. The molecule has 0 fully saturated rings. The van der Waals surface area contributed by atoms with Crippen molar-refractivity contribution in [3.63, 3.8) is 0 Å². The van der Waals surface area contributed by atoms with Gasteiger partial charge in [-0.3, -0.25) is 4.79 Å². The number of rotatable bonds is 5. The summed E-state index contributed by atoms with van der Waals surface area (Å²) < 4.78 is 71.7. The van der Waals surface area contributed by atoms with Crippen LogP contribution in [0.15, 0.2) is 0 Å². The van der Waals surface area contributed by atoms with E-state index in [0.29, 0.717) is 0 Å². The molecule has 1 unspecified atom stereocenters. The number of aliphatic carboxylic acids is 1. The van der Waals surface area contributed by atoms with E-state index < -0.39 is 71.2 Å². The van der Waals surface area contributed by atoms with Crippen molar-refractivity contribution in [3.05, 3.63) is 34.6 Å². The number of carbonyl (C=O) groups is 2. The lowest BCUT2D eigenvalue weighted by Crippen LogP contribution is -2.41. The zero-order valence-corrected chi connectivity index (χ0v) is 13.6. The molecule has 0 saturated carbocycles. The summed E-state index contributed by atoms with van der Waals surface area (Å²) in [5, 5.41) is 10.9. The molecule has 0 radical (unpaired) electrons. The Kier molecular flexibility index (Phi) is 6.33. The van der Waals surface area contributed by atoms with E-state index in [9.17, 15) is 31.5 Å². The standard InChI is InChI=1S/C15H16F5NO4/c1-15(2,3)25-14(24)21-6(5-8(22)23)4-7-9(16)11(18)13(20)12(19)10(7)17/h6H,4-5H2,1-3H3,(H,21,24)(H,22,23). The van der Waals surface area contributed by atoms with Crippen LogP contribution in [0.4, 0.5) is 26.7 Å². The largest absolute Gasteiger partial charge is 0.481 e. The van der Waals surface area contributed by atoms with E-state index in [2.05, 4.69) is 0 Å². The number of hydrogen-bond donors (Lipinski definition) is 2. The molecule has 0 spiro atoms. The molecule has 0 aromatic heterocycles. The summed E-state index contributed by atoms with van der Waals surface area (Å²) in [6.45, 7) is 4.55. The third kappa shape index (κ3) is 5.57. The van der Waals surface area contributed by atoms with Gasteiger partial charge >= 0.3 is 12.1 Å². The second-order valence-electron chi connectivity index (χ2n) is 6.19. The van der Waals surface area contributed by atoms with Crippen LogP contribution >= 0.6 is 0 Å². The highest BCUT2D eigenvalue weighted by molar-refractivity contribution is 5.71. The van der Waals surface area contributed by atoms with Gasteiger partial charge in [0.1, 0.15) is 5.60 Å². The van der Waals surface area contributed by atoms with E-state index in [4.69, 9.17) is 9.84 Å². The zero-order chi connectivity index (χ0) is 19.5. The van der Waals surface area contributed by atoms with Crippen molar-refractivity contribution in [2.75, 3.05) is 0 Å². The lowest BCUT2D eigenvalue weighted by molar-refractivity contribution is -0.137. The van der Waals surface area contributed by atoms with Gasteiger partial charge in [-0.1, -0.05) is 0 Å². The Morgan fingerprint density at radius 1 is 1.00 bits per heavy atom. The third-order valence-corrected chi connectivity index (χ3v) is 2.89. The molecule has 0 bridgehead atoms. The predicted molar refractivity (Wildman–Crippen MR) is 75.3 cm³/mol. The molecule has 1 rings (SSSR count). The van der Waals surface area contributed by atoms with E-state index in [1.54, 1.807) is 0 Å². The number of benzene rings is 1. The number of amides is 1. The van der Waals surface area contributed by atoms with Crippen LogP contribution in [0.5, 0.6) is 0 Å². The molecule has 1 amide bonds. The normalized spacial score (nSPS) is 12.6. The molecule has 0 aliphatic heterocycles. The highest BCUT2D eigenvalue weighted by Crippen LogP contribution is 2.24. The van der Waals surface area contributed by atoms with Crippen LogP contribution in [0, 0.1) is 29.1 Å². The highest BCUT2D eigenvalue weighted by atomic mass is 19.2. The molecule has 0 saturated heterocycles. The van der Waals surface area contributed by atoms with Crippen LogP contribution in [-0.2, 0) is 16.0 Å². The monoisotopic (exact) mass is 369 g/mol. The summed E-state index contributed by atoms with van der Waals surface area (Å²) in [6, 6.07) is -1.46. The minimum Gasteiger partial charge on any atom is -0.481 e. The van der Waals surface area contributed by atoms with Gasteiger partial charge in [-0.05, 0) is 27.2 Å². The third-order valence-electron chi connectivity index (χ3n) is 2.89. The van der Waals surface area contributed by atoms with Gasteiger partial charge in [-0.2, -0.15) is 0 Å². The molecule has 140 valence electrons.